The van der Waals surface area contributed by atoms with Crippen LogP contribution in [0.15, 0.2) is 24.3 Å². The molecular formula is C14H19NO3. The lowest BCUT2D eigenvalue weighted by Gasteiger charge is -2.26. The van der Waals surface area contributed by atoms with Crippen molar-refractivity contribution >= 4 is 11.9 Å². The summed E-state index contributed by atoms with van der Waals surface area (Å²) in [6.07, 6.45) is 1.82. The Morgan fingerprint density at radius 3 is 1.94 bits per heavy atom. The van der Waals surface area contributed by atoms with Crippen LogP contribution < -0.4 is 0 Å². The van der Waals surface area contributed by atoms with Crippen LogP contribution in [0.5, 0.6) is 0 Å². The number of carboxylic acids is 1. The lowest BCUT2D eigenvalue weighted by Crippen LogP contribution is -2.36. The topological polar surface area (TPSA) is 57.6 Å². The Kier molecular flexibility index (Phi) is 4.89. The molecule has 0 bridgehead atoms. The van der Waals surface area contributed by atoms with Gasteiger partial charge in [0.15, 0.2) is 0 Å². The van der Waals surface area contributed by atoms with E-state index in [1.54, 1.807) is 24.1 Å². The number of amides is 1. The van der Waals surface area contributed by atoms with Gasteiger partial charge in [0.05, 0.1) is 5.56 Å². The van der Waals surface area contributed by atoms with Crippen molar-refractivity contribution in [3.63, 3.8) is 0 Å². The Balaban J connectivity index is 2.87. The van der Waals surface area contributed by atoms with Crippen LogP contribution in [0.3, 0.4) is 0 Å². The summed E-state index contributed by atoms with van der Waals surface area (Å²) in [6, 6.07) is 6.25. The molecule has 0 aliphatic carbocycles. The first-order valence-corrected chi connectivity index (χ1v) is 6.11. The molecule has 18 heavy (non-hydrogen) atoms. The maximum Gasteiger partial charge on any atom is 0.335 e. The van der Waals surface area contributed by atoms with Crippen LogP contribution >= 0.6 is 0 Å². The molecular weight excluding hydrogens is 230 g/mol. The second kappa shape index (κ2) is 6.19. The summed E-state index contributed by atoms with van der Waals surface area (Å²) < 4.78 is 0. The molecule has 1 rings (SSSR count). The molecule has 0 spiro atoms. The summed E-state index contributed by atoms with van der Waals surface area (Å²) in [7, 11) is 1.78. The minimum atomic E-state index is -0.984. The Hall–Kier alpha value is -1.84. The Morgan fingerprint density at radius 1 is 1.11 bits per heavy atom. The molecule has 4 nitrogen and oxygen atoms in total. The summed E-state index contributed by atoms with van der Waals surface area (Å²) in [5.74, 6) is -1.05. The summed E-state index contributed by atoms with van der Waals surface area (Å²) in [5, 5.41) is 8.79. The van der Waals surface area contributed by atoms with Gasteiger partial charge >= 0.3 is 5.97 Å². The largest absolute Gasteiger partial charge is 0.478 e. The molecule has 0 unspecified atom stereocenters. The number of hydrogen-bond donors (Lipinski definition) is 1. The highest BCUT2D eigenvalue weighted by atomic mass is 16.4. The SMILES string of the molecule is CCC(CC)N(C)C(=O)c1ccc(C(=O)O)cc1. The minimum Gasteiger partial charge on any atom is -0.478 e. The van der Waals surface area contributed by atoms with Gasteiger partial charge in [-0.25, -0.2) is 4.79 Å². The molecule has 0 fully saturated rings. The highest BCUT2D eigenvalue weighted by Gasteiger charge is 2.18. The van der Waals surface area contributed by atoms with Crippen molar-refractivity contribution in [2.75, 3.05) is 7.05 Å². The minimum absolute atomic E-state index is 0.0689. The van der Waals surface area contributed by atoms with E-state index in [9.17, 15) is 9.59 Å². The summed E-state index contributed by atoms with van der Waals surface area (Å²) in [6.45, 7) is 4.09. The fourth-order valence-electron chi connectivity index (χ4n) is 1.96. The number of carboxylic acid groups (broad SMARTS) is 1. The molecule has 1 aromatic rings. The van der Waals surface area contributed by atoms with Crippen LogP contribution in [-0.4, -0.2) is 35.0 Å². The van der Waals surface area contributed by atoms with Crippen molar-refractivity contribution < 1.29 is 14.7 Å². The Morgan fingerprint density at radius 2 is 1.56 bits per heavy atom. The van der Waals surface area contributed by atoms with Gasteiger partial charge in [0, 0.05) is 18.7 Å². The van der Waals surface area contributed by atoms with Gasteiger partial charge in [-0.15, -0.1) is 0 Å². The van der Waals surface area contributed by atoms with Crippen LogP contribution in [0.4, 0.5) is 0 Å². The van der Waals surface area contributed by atoms with Crippen molar-refractivity contribution in [2.45, 2.75) is 32.7 Å². The zero-order valence-corrected chi connectivity index (χ0v) is 11.0. The number of hydrogen-bond acceptors (Lipinski definition) is 2. The molecule has 0 heterocycles. The molecule has 0 aliphatic rings. The van der Waals surface area contributed by atoms with Gasteiger partial charge in [0.1, 0.15) is 0 Å². The van der Waals surface area contributed by atoms with Crippen LogP contribution in [0.1, 0.15) is 47.4 Å². The van der Waals surface area contributed by atoms with Crippen molar-refractivity contribution in [3.8, 4) is 0 Å². The molecule has 4 heteroatoms. The average molecular weight is 249 g/mol. The predicted molar refractivity (Wildman–Crippen MR) is 69.9 cm³/mol. The first-order chi connectivity index (χ1) is 8.51. The highest BCUT2D eigenvalue weighted by Crippen LogP contribution is 2.12. The van der Waals surface area contributed by atoms with Crippen LogP contribution in [0, 0.1) is 0 Å². The number of aromatic carboxylic acids is 1. The molecule has 98 valence electrons. The molecule has 0 aromatic heterocycles. The van der Waals surface area contributed by atoms with E-state index >= 15 is 0 Å². The van der Waals surface area contributed by atoms with Crippen molar-refractivity contribution in [3.05, 3.63) is 35.4 Å². The molecule has 1 amide bonds. The van der Waals surface area contributed by atoms with Gasteiger partial charge in [-0.05, 0) is 37.1 Å². The third kappa shape index (κ3) is 3.09. The molecule has 0 aliphatic heterocycles. The third-order valence-corrected chi connectivity index (χ3v) is 3.19. The quantitative estimate of drug-likeness (QED) is 0.872. The molecule has 1 N–H and O–H groups in total. The molecule has 0 radical (unpaired) electrons. The zero-order chi connectivity index (χ0) is 13.7. The van der Waals surface area contributed by atoms with Gasteiger partial charge in [-0.2, -0.15) is 0 Å². The van der Waals surface area contributed by atoms with E-state index in [1.165, 1.54) is 12.1 Å². The number of carbonyl (C=O) groups excluding carboxylic acids is 1. The van der Waals surface area contributed by atoms with Crippen molar-refractivity contribution in [1.29, 1.82) is 0 Å². The van der Waals surface area contributed by atoms with Gasteiger partial charge in [0.2, 0.25) is 0 Å². The number of benzene rings is 1. The number of nitrogens with zero attached hydrogens (tertiary/aromatic N) is 1. The van der Waals surface area contributed by atoms with Crippen LogP contribution in [-0.2, 0) is 0 Å². The lowest BCUT2D eigenvalue weighted by molar-refractivity contribution is 0.0691. The smallest absolute Gasteiger partial charge is 0.335 e. The van der Waals surface area contributed by atoms with E-state index in [2.05, 4.69) is 0 Å². The predicted octanol–water partition coefficient (Wildman–Crippen LogP) is 2.65. The summed E-state index contributed by atoms with van der Waals surface area (Å²) in [4.78, 5) is 24.6. The number of rotatable bonds is 5. The van der Waals surface area contributed by atoms with E-state index in [1.807, 2.05) is 13.8 Å². The third-order valence-electron chi connectivity index (χ3n) is 3.19. The average Bonchev–Trinajstić information content (AvgIpc) is 2.39. The summed E-state index contributed by atoms with van der Waals surface area (Å²) >= 11 is 0. The van der Waals surface area contributed by atoms with E-state index in [0.717, 1.165) is 12.8 Å². The van der Waals surface area contributed by atoms with Crippen LogP contribution in [0.25, 0.3) is 0 Å². The fraction of sp³-hybridized carbons (Fsp3) is 0.429. The zero-order valence-electron chi connectivity index (χ0n) is 11.0. The summed E-state index contributed by atoms with van der Waals surface area (Å²) in [5.41, 5.74) is 0.714. The molecule has 0 saturated heterocycles. The second-order valence-corrected chi connectivity index (χ2v) is 4.27. The van der Waals surface area contributed by atoms with Gasteiger partial charge in [-0.3, -0.25) is 4.79 Å². The molecule has 0 atom stereocenters. The molecule has 1 aromatic carbocycles. The van der Waals surface area contributed by atoms with Gasteiger partial charge in [-0.1, -0.05) is 13.8 Å². The monoisotopic (exact) mass is 249 g/mol. The fourth-order valence-corrected chi connectivity index (χ4v) is 1.96. The van der Waals surface area contributed by atoms with Crippen LogP contribution in [0.2, 0.25) is 0 Å². The maximum absolute atomic E-state index is 12.2. The lowest BCUT2D eigenvalue weighted by atomic mass is 10.1. The van der Waals surface area contributed by atoms with Crippen molar-refractivity contribution in [2.24, 2.45) is 0 Å². The first-order valence-electron chi connectivity index (χ1n) is 6.11. The molecule has 0 saturated carbocycles. The Labute approximate surface area is 107 Å². The standard InChI is InChI=1S/C14H19NO3/c1-4-12(5-2)15(3)13(16)10-6-8-11(9-7-10)14(17)18/h6-9,12H,4-5H2,1-3H3,(H,17,18). The van der Waals surface area contributed by atoms with E-state index in [0.29, 0.717) is 5.56 Å². The second-order valence-electron chi connectivity index (χ2n) is 4.27. The highest BCUT2D eigenvalue weighted by molar-refractivity contribution is 5.95. The van der Waals surface area contributed by atoms with E-state index in [4.69, 9.17) is 5.11 Å². The first kappa shape index (κ1) is 14.2. The van der Waals surface area contributed by atoms with E-state index in [-0.39, 0.29) is 17.5 Å². The Bertz CT molecular complexity index is 421. The van der Waals surface area contributed by atoms with Crippen molar-refractivity contribution in [1.82, 2.24) is 4.90 Å². The number of carbonyl (C=O) groups is 2. The van der Waals surface area contributed by atoms with Gasteiger partial charge in [0.25, 0.3) is 5.91 Å². The normalized spacial score (nSPS) is 10.4. The van der Waals surface area contributed by atoms with Gasteiger partial charge < -0.3 is 10.0 Å². The van der Waals surface area contributed by atoms with E-state index < -0.39 is 5.97 Å². The maximum atomic E-state index is 12.2.